The maximum Gasteiger partial charge on any atom is 0.446 e. The van der Waals surface area contributed by atoms with Crippen molar-refractivity contribution in [1.82, 2.24) is 9.80 Å². The summed E-state index contributed by atoms with van der Waals surface area (Å²) in [6.45, 7) is 8.92. The molecule has 0 aliphatic carbocycles. The van der Waals surface area contributed by atoms with Crippen LogP contribution in [0.3, 0.4) is 0 Å². The van der Waals surface area contributed by atoms with E-state index in [0.717, 1.165) is 43.9 Å². The fourth-order valence-electron chi connectivity index (χ4n) is 5.01. The number of alkyl halides is 6. The standard InChI is InChI=1S/C27H31ClF6N4OS.C2H6/c28-23-8-5-21(18-24(23)40-27(32,33)34)35-20-9-12-38(13-10-20)25(39)2-1-11-36-14-16-37(17-15-36)22-6-3-19(4-7-22)26(29,30)31;1-2/h3-8,18,20,35H,1-2,9-17H2;1-2H3. The lowest BCUT2D eigenvalue weighted by Gasteiger charge is -2.36. The number of hydrogen-bond donors (Lipinski definition) is 1. The van der Waals surface area contributed by atoms with Crippen LogP contribution in [0.5, 0.6) is 0 Å². The fourth-order valence-corrected chi connectivity index (χ4v) is 5.84. The third kappa shape index (κ3) is 10.4. The van der Waals surface area contributed by atoms with Crippen molar-refractivity contribution in [3.63, 3.8) is 0 Å². The minimum Gasteiger partial charge on any atom is -0.382 e. The topological polar surface area (TPSA) is 38.8 Å². The second-order valence-corrected chi connectivity index (χ2v) is 11.5. The Bertz CT molecular complexity index is 1130. The summed E-state index contributed by atoms with van der Waals surface area (Å²) in [6.07, 6.45) is -1.79. The molecule has 42 heavy (non-hydrogen) atoms. The molecule has 0 aromatic heterocycles. The molecule has 2 saturated heterocycles. The van der Waals surface area contributed by atoms with E-state index in [-0.39, 0.29) is 33.6 Å². The Balaban J connectivity index is 0.00000237. The summed E-state index contributed by atoms with van der Waals surface area (Å²) in [5.74, 6) is 0.0946. The number of halogens is 7. The van der Waals surface area contributed by atoms with Crippen LogP contribution in [0, 0.1) is 0 Å². The molecule has 234 valence electrons. The van der Waals surface area contributed by atoms with Crippen molar-refractivity contribution < 1.29 is 31.1 Å². The van der Waals surface area contributed by atoms with Crippen LogP contribution in [0.1, 0.15) is 45.1 Å². The van der Waals surface area contributed by atoms with Crippen molar-refractivity contribution >= 4 is 40.6 Å². The molecule has 2 aliphatic heterocycles. The highest BCUT2D eigenvalue weighted by Gasteiger charge is 2.31. The van der Waals surface area contributed by atoms with Gasteiger partial charge in [-0.25, -0.2) is 0 Å². The molecule has 0 bridgehead atoms. The summed E-state index contributed by atoms with van der Waals surface area (Å²) in [5.41, 5.74) is -3.73. The normalized spacial score (nSPS) is 17.1. The van der Waals surface area contributed by atoms with Crippen molar-refractivity contribution in [1.29, 1.82) is 0 Å². The monoisotopic (exact) mass is 638 g/mol. The molecule has 0 spiro atoms. The number of benzene rings is 2. The van der Waals surface area contributed by atoms with E-state index in [4.69, 9.17) is 11.6 Å². The Hall–Kier alpha value is -2.31. The number of carbonyl (C=O) groups is 1. The third-order valence-corrected chi connectivity index (χ3v) is 8.40. The molecule has 0 saturated carbocycles. The molecule has 2 aromatic carbocycles. The van der Waals surface area contributed by atoms with E-state index in [0.29, 0.717) is 51.1 Å². The Kier molecular flexibility index (Phi) is 12.6. The molecule has 2 aromatic rings. The van der Waals surface area contributed by atoms with Crippen LogP contribution in [-0.2, 0) is 11.0 Å². The zero-order chi connectivity index (χ0) is 30.9. The van der Waals surface area contributed by atoms with Gasteiger partial charge < -0.3 is 15.1 Å². The van der Waals surface area contributed by atoms with Gasteiger partial charge in [-0.15, -0.1) is 0 Å². The summed E-state index contributed by atoms with van der Waals surface area (Å²) >= 11 is 5.67. The fraction of sp³-hybridized carbons (Fsp3) is 0.552. The van der Waals surface area contributed by atoms with E-state index < -0.39 is 17.2 Å². The predicted molar refractivity (Wildman–Crippen MR) is 157 cm³/mol. The number of nitrogens with zero attached hydrogens (tertiary/aromatic N) is 3. The number of rotatable bonds is 8. The van der Waals surface area contributed by atoms with Crippen LogP contribution in [0.25, 0.3) is 0 Å². The highest BCUT2D eigenvalue weighted by atomic mass is 35.5. The number of carbonyl (C=O) groups excluding carboxylic acids is 1. The highest BCUT2D eigenvalue weighted by molar-refractivity contribution is 8.00. The van der Waals surface area contributed by atoms with Crippen LogP contribution in [0.15, 0.2) is 47.4 Å². The van der Waals surface area contributed by atoms with E-state index in [9.17, 15) is 31.1 Å². The van der Waals surface area contributed by atoms with Crippen molar-refractivity contribution in [2.24, 2.45) is 0 Å². The van der Waals surface area contributed by atoms with E-state index in [2.05, 4.69) is 15.1 Å². The molecule has 1 N–H and O–H groups in total. The average Bonchev–Trinajstić information content (AvgIpc) is 2.95. The zero-order valence-corrected chi connectivity index (χ0v) is 25.3. The molecule has 2 heterocycles. The zero-order valence-electron chi connectivity index (χ0n) is 23.7. The van der Waals surface area contributed by atoms with E-state index in [1.165, 1.54) is 24.3 Å². The number of thioether (sulfide) groups is 1. The number of likely N-dealkylation sites (tertiary alicyclic amines) is 1. The minimum absolute atomic E-state index is 0.0483. The Morgan fingerprint density at radius 2 is 1.55 bits per heavy atom. The van der Waals surface area contributed by atoms with Gasteiger partial charge in [0.25, 0.3) is 0 Å². The first-order chi connectivity index (χ1) is 19.9. The average molecular weight is 639 g/mol. The third-order valence-electron chi connectivity index (χ3n) is 7.17. The molecule has 2 aliphatic rings. The van der Waals surface area contributed by atoms with Gasteiger partial charge in [0.1, 0.15) is 0 Å². The van der Waals surface area contributed by atoms with Gasteiger partial charge in [-0.05, 0) is 80.0 Å². The number of hydrogen-bond acceptors (Lipinski definition) is 5. The molecule has 0 atom stereocenters. The first-order valence-corrected chi connectivity index (χ1v) is 15.3. The lowest BCUT2D eigenvalue weighted by molar-refractivity contribution is -0.137. The van der Waals surface area contributed by atoms with E-state index in [1.807, 2.05) is 18.7 Å². The van der Waals surface area contributed by atoms with Gasteiger partial charge in [0, 0.05) is 68.0 Å². The molecule has 5 nitrogen and oxygen atoms in total. The number of nitrogens with one attached hydrogen (secondary N) is 1. The Morgan fingerprint density at radius 3 is 2.12 bits per heavy atom. The molecule has 4 rings (SSSR count). The van der Waals surface area contributed by atoms with Crippen LogP contribution in [-0.4, -0.2) is 73.1 Å². The summed E-state index contributed by atoms with van der Waals surface area (Å²) in [5, 5.41) is 3.32. The predicted octanol–water partition coefficient (Wildman–Crippen LogP) is 8.00. The number of anilines is 2. The summed E-state index contributed by atoms with van der Waals surface area (Å²) < 4.78 is 76.6. The van der Waals surface area contributed by atoms with Gasteiger partial charge in [-0.2, -0.15) is 26.3 Å². The Morgan fingerprint density at radius 1 is 0.929 bits per heavy atom. The van der Waals surface area contributed by atoms with Gasteiger partial charge in [0.05, 0.1) is 10.6 Å². The second-order valence-electron chi connectivity index (χ2n) is 9.97. The Labute approximate surface area is 252 Å². The summed E-state index contributed by atoms with van der Waals surface area (Å²) in [6, 6.07) is 9.80. The molecular formula is C29H37ClF6N4OS. The number of piperidine rings is 1. The molecule has 0 unspecified atom stereocenters. The molecule has 0 radical (unpaired) electrons. The first-order valence-electron chi connectivity index (χ1n) is 14.1. The molecule has 1 amide bonds. The smallest absolute Gasteiger partial charge is 0.382 e. The van der Waals surface area contributed by atoms with Crippen molar-refractivity contribution in [2.45, 2.75) is 62.2 Å². The van der Waals surface area contributed by atoms with Gasteiger partial charge in [0.15, 0.2) is 0 Å². The van der Waals surface area contributed by atoms with Gasteiger partial charge in [0.2, 0.25) is 5.91 Å². The number of amides is 1. The second kappa shape index (κ2) is 15.4. The maximum atomic E-state index is 12.8. The molecular weight excluding hydrogens is 602 g/mol. The largest absolute Gasteiger partial charge is 0.446 e. The van der Waals surface area contributed by atoms with Gasteiger partial charge >= 0.3 is 11.7 Å². The van der Waals surface area contributed by atoms with Crippen LogP contribution < -0.4 is 10.2 Å². The lowest BCUT2D eigenvalue weighted by Crippen LogP contribution is -2.47. The number of piperazine rings is 1. The van der Waals surface area contributed by atoms with Gasteiger partial charge in [-0.1, -0.05) is 25.4 Å². The van der Waals surface area contributed by atoms with E-state index in [1.54, 1.807) is 6.07 Å². The van der Waals surface area contributed by atoms with Crippen LogP contribution in [0.4, 0.5) is 37.7 Å². The van der Waals surface area contributed by atoms with Crippen LogP contribution in [0.2, 0.25) is 5.02 Å². The minimum atomic E-state index is -4.42. The molecule has 2 fully saturated rings. The van der Waals surface area contributed by atoms with Crippen molar-refractivity contribution in [2.75, 3.05) is 56.0 Å². The maximum absolute atomic E-state index is 12.8. The van der Waals surface area contributed by atoms with Gasteiger partial charge in [-0.3, -0.25) is 9.69 Å². The SMILES string of the molecule is CC.O=C(CCCN1CCN(c2ccc(C(F)(F)F)cc2)CC1)N1CCC(Nc2ccc(Cl)c(SC(F)(F)F)c2)CC1. The van der Waals surface area contributed by atoms with E-state index >= 15 is 0 Å². The highest BCUT2D eigenvalue weighted by Crippen LogP contribution is 2.41. The molecule has 13 heteroatoms. The lowest BCUT2D eigenvalue weighted by atomic mass is 10.0. The quantitative estimate of drug-likeness (QED) is 0.234. The van der Waals surface area contributed by atoms with Crippen molar-refractivity contribution in [3.8, 4) is 0 Å². The summed E-state index contributed by atoms with van der Waals surface area (Å²) in [4.78, 5) is 18.9. The first kappa shape index (κ1) is 34.2. The van der Waals surface area contributed by atoms with Crippen molar-refractivity contribution in [3.05, 3.63) is 53.1 Å². The van der Waals surface area contributed by atoms with Crippen LogP contribution >= 0.6 is 23.4 Å². The summed E-state index contributed by atoms with van der Waals surface area (Å²) in [7, 11) is 0.